The third-order valence-corrected chi connectivity index (χ3v) is 3.90. The smallest absolute Gasteiger partial charge is 0.352 e. The molecule has 0 aromatic carbocycles. The van der Waals surface area contributed by atoms with Gasteiger partial charge in [-0.1, -0.05) is 12.0 Å². The first-order chi connectivity index (χ1) is 9.83. The Hall–Kier alpha value is -2.36. The molecule has 0 atom stereocenters. The minimum atomic E-state index is -3.98. The Kier molecular flexibility index (Phi) is 3.98. The molecule has 2 N–H and O–H groups in total. The average Bonchev–Trinajstić information content (AvgIpc) is 2.96. The Morgan fingerprint density at radius 1 is 1.48 bits per heavy atom. The standard InChI is InChI=1S/C11H14N4O5S/c1-3-4-15-6-8(5-9(15)10(16)17)21(18,19)14-11-13-12-7(2)20-11/h5-6H,3-4H2,1-2H3,(H,13,14)(H,16,17). The first-order valence-corrected chi connectivity index (χ1v) is 7.58. The van der Waals surface area contributed by atoms with Gasteiger partial charge < -0.3 is 14.1 Å². The minimum Gasteiger partial charge on any atom is -0.477 e. The highest BCUT2D eigenvalue weighted by atomic mass is 32.2. The summed E-state index contributed by atoms with van der Waals surface area (Å²) in [6, 6.07) is 0.816. The zero-order valence-electron chi connectivity index (χ0n) is 11.4. The molecule has 0 saturated heterocycles. The van der Waals surface area contributed by atoms with Crippen LogP contribution >= 0.6 is 0 Å². The molecule has 2 rings (SSSR count). The van der Waals surface area contributed by atoms with Gasteiger partial charge in [-0.15, -0.1) is 5.10 Å². The molecule has 0 aliphatic rings. The van der Waals surface area contributed by atoms with Gasteiger partial charge in [-0.05, 0) is 12.5 Å². The minimum absolute atomic E-state index is 0.0982. The van der Waals surface area contributed by atoms with E-state index in [1.165, 1.54) is 17.7 Å². The fraction of sp³-hybridized carbons (Fsp3) is 0.364. The Morgan fingerprint density at radius 3 is 2.71 bits per heavy atom. The predicted octanol–water partition coefficient (Wildman–Crippen LogP) is 1.09. The lowest BCUT2D eigenvalue weighted by atomic mass is 10.4. The summed E-state index contributed by atoms with van der Waals surface area (Å²) in [6.45, 7) is 3.78. The van der Waals surface area contributed by atoms with Crippen molar-refractivity contribution in [1.29, 1.82) is 0 Å². The molecule has 21 heavy (non-hydrogen) atoms. The van der Waals surface area contributed by atoms with Crippen LogP contribution in [0, 0.1) is 6.92 Å². The molecule has 9 nitrogen and oxygen atoms in total. The Labute approximate surface area is 120 Å². The molecule has 0 spiro atoms. The van der Waals surface area contributed by atoms with Gasteiger partial charge >= 0.3 is 12.0 Å². The number of aromatic carboxylic acids is 1. The van der Waals surface area contributed by atoms with Gasteiger partial charge in [0.1, 0.15) is 10.6 Å². The quantitative estimate of drug-likeness (QED) is 0.816. The number of nitrogens with zero attached hydrogens (tertiary/aromatic N) is 3. The third-order valence-electron chi connectivity index (χ3n) is 2.61. The van der Waals surface area contributed by atoms with Gasteiger partial charge in [0, 0.05) is 19.7 Å². The topological polar surface area (TPSA) is 127 Å². The summed E-state index contributed by atoms with van der Waals surface area (Å²) < 4.78 is 32.7. The predicted molar refractivity (Wildman–Crippen MR) is 71.5 cm³/mol. The van der Waals surface area contributed by atoms with Crippen LogP contribution in [0.1, 0.15) is 29.7 Å². The number of carbonyl (C=O) groups is 1. The maximum atomic E-state index is 12.2. The van der Waals surface area contributed by atoms with E-state index < -0.39 is 16.0 Å². The number of hydrogen-bond acceptors (Lipinski definition) is 6. The van der Waals surface area contributed by atoms with E-state index >= 15 is 0 Å². The van der Waals surface area contributed by atoms with Gasteiger partial charge in [-0.2, -0.15) is 0 Å². The van der Waals surface area contributed by atoms with Gasteiger partial charge in [-0.25, -0.2) is 17.9 Å². The molecule has 0 fully saturated rings. The van der Waals surface area contributed by atoms with E-state index in [4.69, 9.17) is 9.52 Å². The molecule has 0 aliphatic heterocycles. The number of sulfonamides is 1. The molecule has 0 aliphatic carbocycles. The van der Waals surface area contributed by atoms with Crippen LogP contribution < -0.4 is 4.72 Å². The maximum absolute atomic E-state index is 12.2. The van der Waals surface area contributed by atoms with Gasteiger partial charge in [-0.3, -0.25) is 0 Å². The Bertz CT molecular complexity index is 761. The average molecular weight is 314 g/mol. The van der Waals surface area contributed by atoms with E-state index in [0.29, 0.717) is 13.0 Å². The first kappa shape index (κ1) is 15.0. The van der Waals surface area contributed by atoms with Crippen molar-refractivity contribution in [3.63, 3.8) is 0 Å². The van der Waals surface area contributed by atoms with Crippen molar-refractivity contribution < 1.29 is 22.7 Å². The normalized spacial score (nSPS) is 11.5. The van der Waals surface area contributed by atoms with Crippen LogP contribution in [0.25, 0.3) is 0 Å². The summed E-state index contributed by atoms with van der Waals surface area (Å²) in [7, 11) is -3.98. The summed E-state index contributed by atoms with van der Waals surface area (Å²) in [4.78, 5) is 10.9. The van der Waals surface area contributed by atoms with Crippen LogP contribution in [-0.4, -0.2) is 34.3 Å². The van der Waals surface area contributed by atoms with Crippen LogP contribution in [-0.2, 0) is 16.6 Å². The van der Waals surface area contributed by atoms with E-state index in [9.17, 15) is 13.2 Å². The van der Waals surface area contributed by atoms with Crippen molar-refractivity contribution in [3.8, 4) is 0 Å². The highest BCUT2D eigenvalue weighted by molar-refractivity contribution is 7.92. The Balaban J connectivity index is 2.35. The van der Waals surface area contributed by atoms with Crippen molar-refractivity contribution >= 4 is 22.0 Å². The second kappa shape index (κ2) is 5.56. The van der Waals surface area contributed by atoms with E-state index in [2.05, 4.69) is 14.9 Å². The maximum Gasteiger partial charge on any atom is 0.352 e. The van der Waals surface area contributed by atoms with Gasteiger partial charge in [0.15, 0.2) is 0 Å². The molecule has 114 valence electrons. The van der Waals surface area contributed by atoms with Crippen molar-refractivity contribution in [2.75, 3.05) is 4.72 Å². The van der Waals surface area contributed by atoms with Gasteiger partial charge in [0.2, 0.25) is 5.89 Å². The highest BCUT2D eigenvalue weighted by Crippen LogP contribution is 2.18. The van der Waals surface area contributed by atoms with Crippen LogP contribution in [0.5, 0.6) is 0 Å². The number of carboxylic acid groups (broad SMARTS) is 1. The molecule has 2 aromatic rings. The molecule has 0 bridgehead atoms. The number of aryl methyl sites for hydroxylation is 2. The van der Waals surface area contributed by atoms with Crippen molar-refractivity contribution in [3.05, 3.63) is 23.8 Å². The summed E-state index contributed by atoms with van der Waals surface area (Å²) in [6.07, 6.45) is 1.93. The van der Waals surface area contributed by atoms with E-state index in [1.54, 1.807) is 0 Å². The summed E-state index contributed by atoms with van der Waals surface area (Å²) in [5.74, 6) is -0.985. The summed E-state index contributed by atoms with van der Waals surface area (Å²) >= 11 is 0. The Morgan fingerprint density at radius 2 is 2.19 bits per heavy atom. The molecule has 2 heterocycles. The number of hydrogen-bond donors (Lipinski definition) is 2. The second-order valence-electron chi connectivity index (χ2n) is 4.29. The lowest BCUT2D eigenvalue weighted by Crippen LogP contribution is -2.12. The monoisotopic (exact) mass is 314 g/mol. The number of anilines is 1. The molecule has 2 aromatic heterocycles. The van der Waals surface area contributed by atoms with Gasteiger partial charge in [0.25, 0.3) is 10.0 Å². The molecular weight excluding hydrogens is 300 g/mol. The highest BCUT2D eigenvalue weighted by Gasteiger charge is 2.23. The fourth-order valence-corrected chi connectivity index (χ4v) is 2.71. The van der Waals surface area contributed by atoms with Crippen LogP contribution in [0.15, 0.2) is 21.6 Å². The zero-order valence-corrected chi connectivity index (χ0v) is 12.2. The number of nitrogens with one attached hydrogen (secondary N) is 1. The fourth-order valence-electron chi connectivity index (χ4n) is 1.75. The van der Waals surface area contributed by atoms with E-state index in [-0.39, 0.29) is 22.5 Å². The van der Waals surface area contributed by atoms with Crippen molar-refractivity contribution in [2.45, 2.75) is 31.7 Å². The molecule has 0 unspecified atom stereocenters. The molecular formula is C11H14N4O5S. The van der Waals surface area contributed by atoms with E-state index in [1.807, 2.05) is 6.92 Å². The zero-order chi connectivity index (χ0) is 15.6. The lowest BCUT2D eigenvalue weighted by molar-refractivity contribution is 0.0685. The molecule has 0 radical (unpaired) electrons. The van der Waals surface area contributed by atoms with Crippen LogP contribution in [0.2, 0.25) is 0 Å². The largest absolute Gasteiger partial charge is 0.477 e. The summed E-state index contributed by atoms with van der Waals surface area (Å²) in [5, 5.41) is 16.1. The second-order valence-corrected chi connectivity index (χ2v) is 5.97. The van der Waals surface area contributed by atoms with E-state index in [0.717, 1.165) is 6.07 Å². The molecule has 10 heteroatoms. The van der Waals surface area contributed by atoms with Gasteiger partial charge in [0.05, 0.1) is 0 Å². The number of carboxylic acids is 1. The van der Waals surface area contributed by atoms with Crippen molar-refractivity contribution in [2.24, 2.45) is 0 Å². The third kappa shape index (κ3) is 3.21. The summed E-state index contributed by atoms with van der Waals surface area (Å²) in [5.41, 5.74) is -0.0982. The number of rotatable bonds is 6. The van der Waals surface area contributed by atoms with Crippen LogP contribution in [0.4, 0.5) is 6.01 Å². The molecule has 0 saturated carbocycles. The lowest BCUT2D eigenvalue weighted by Gasteiger charge is -2.02. The SMILES string of the molecule is CCCn1cc(S(=O)(=O)Nc2nnc(C)o2)cc1C(=O)O. The number of aromatic nitrogens is 3. The van der Waals surface area contributed by atoms with Crippen LogP contribution in [0.3, 0.4) is 0 Å². The van der Waals surface area contributed by atoms with Crippen molar-refractivity contribution in [1.82, 2.24) is 14.8 Å². The first-order valence-electron chi connectivity index (χ1n) is 6.10. The molecule has 0 amide bonds.